The molecule has 1 aromatic carbocycles. The molecular weight excluding hydrogens is 223 g/mol. The molecule has 82 valence electrons. The highest BCUT2D eigenvalue weighted by Gasteiger charge is 2.18. The summed E-state index contributed by atoms with van der Waals surface area (Å²) in [5.74, 6) is 0. The number of nitrogens with zero attached hydrogens (tertiary/aromatic N) is 2. The molecule has 0 saturated heterocycles. The van der Waals surface area contributed by atoms with Crippen molar-refractivity contribution in [3.8, 4) is 0 Å². The van der Waals surface area contributed by atoms with Crippen molar-refractivity contribution < 1.29 is 4.57 Å². The van der Waals surface area contributed by atoms with E-state index < -0.39 is 7.73 Å². The van der Waals surface area contributed by atoms with Gasteiger partial charge >= 0.3 is 7.73 Å². The highest BCUT2D eigenvalue weighted by atomic mass is 31.1. The van der Waals surface area contributed by atoms with Crippen molar-refractivity contribution in [2.45, 2.75) is 6.54 Å². The van der Waals surface area contributed by atoms with Crippen LogP contribution in [-0.4, -0.2) is 8.66 Å². The van der Waals surface area contributed by atoms with Crippen LogP contribution in [0.3, 0.4) is 0 Å². The molecule has 0 N–H and O–H groups in total. The molecule has 0 saturated carbocycles. The molecule has 1 unspecified atom stereocenters. The zero-order valence-corrected chi connectivity index (χ0v) is 9.85. The van der Waals surface area contributed by atoms with Crippen LogP contribution in [0.5, 0.6) is 0 Å². The number of aromatic nitrogens is 2. The van der Waals surface area contributed by atoms with Crippen molar-refractivity contribution >= 4 is 18.6 Å². The van der Waals surface area contributed by atoms with E-state index in [4.69, 9.17) is 0 Å². The zero-order chi connectivity index (χ0) is 11.7. The van der Waals surface area contributed by atoms with Crippen LogP contribution in [-0.2, 0) is 18.2 Å². The van der Waals surface area contributed by atoms with Crippen molar-refractivity contribution in [2.24, 2.45) is 7.05 Å². The second kappa shape index (κ2) is 4.06. The van der Waals surface area contributed by atoms with Crippen LogP contribution >= 0.6 is 7.73 Å². The standard InChI is InChI=1S/C11H12N2O2P/c1-3-8-13-10-7-5-4-6-9(10)11(14)12(2)16(13)15/h3-7H,1,8H2,2H3/q+1. The Morgan fingerprint density at radius 1 is 1.44 bits per heavy atom. The Balaban J connectivity index is 3.03. The Hall–Kier alpha value is -1.67. The van der Waals surface area contributed by atoms with Gasteiger partial charge in [0.15, 0.2) is 0 Å². The summed E-state index contributed by atoms with van der Waals surface area (Å²) >= 11 is 0. The lowest BCUT2D eigenvalue weighted by atomic mass is 10.2. The summed E-state index contributed by atoms with van der Waals surface area (Å²) < 4.78 is 15.0. The molecule has 1 heterocycles. The van der Waals surface area contributed by atoms with Crippen LogP contribution in [0.1, 0.15) is 0 Å². The fraction of sp³-hybridized carbons (Fsp3) is 0.182. The highest BCUT2D eigenvalue weighted by molar-refractivity contribution is 7.28. The number of hydrogen-bond donors (Lipinski definition) is 0. The second-order valence-electron chi connectivity index (χ2n) is 3.47. The van der Waals surface area contributed by atoms with E-state index in [-0.39, 0.29) is 5.56 Å². The Kier molecular flexibility index (Phi) is 2.75. The summed E-state index contributed by atoms with van der Waals surface area (Å²) in [6, 6.07) is 7.18. The molecular formula is C11H12N2O2P+. The highest BCUT2D eigenvalue weighted by Crippen LogP contribution is 2.18. The van der Waals surface area contributed by atoms with Crippen molar-refractivity contribution in [1.82, 2.24) is 8.66 Å². The van der Waals surface area contributed by atoms with E-state index in [0.29, 0.717) is 17.4 Å². The van der Waals surface area contributed by atoms with Crippen molar-refractivity contribution in [3.05, 3.63) is 47.3 Å². The fourth-order valence-corrected chi connectivity index (χ4v) is 2.88. The molecule has 0 aliphatic heterocycles. The first kappa shape index (κ1) is 10.8. The molecule has 1 atom stereocenters. The van der Waals surface area contributed by atoms with E-state index in [2.05, 4.69) is 6.58 Å². The molecule has 0 spiro atoms. The molecule has 2 rings (SSSR count). The maximum atomic E-state index is 12.0. The number of rotatable bonds is 2. The third kappa shape index (κ3) is 1.51. The molecule has 5 heteroatoms. The quantitative estimate of drug-likeness (QED) is 0.749. The van der Waals surface area contributed by atoms with Gasteiger partial charge in [0.25, 0.3) is 5.56 Å². The maximum Gasteiger partial charge on any atom is 0.598 e. The van der Waals surface area contributed by atoms with Gasteiger partial charge in [0.05, 0.1) is 24.5 Å². The Labute approximate surface area is 93.3 Å². The molecule has 4 nitrogen and oxygen atoms in total. The van der Waals surface area contributed by atoms with Gasteiger partial charge in [-0.2, -0.15) is 0 Å². The summed E-state index contributed by atoms with van der Waals surface area (Å²) in [6.45, 7) is 4.09. The number of fused-ring (bicyclic) bond motifs is 1. The predicted octanol–water partition coefficient (Wildman–Crippen LogP) is 2.27. The summed E-state index contributed by atoms with van der Waals surface area (Å²) in [6.07, 6.45) is 1.67. The summed E-state index contributed by atoms with van der Waals surface area (Å²) in [5.41, 5.74) is 0.517. The van der Waals surface area contributed by atoms with Crippen molar-refractivity contribution in [3.63, 3.8) is 0 Å². The second-order valence-corrected chi connectivity index (χ2v) is 5.06. The minimum Gasteiger partial charge on any atom is -0.265 e. The SMILES string of the molecule is C=CCn1c2ccccc2c(=O)n(C)[p+]1=O. The smallest absolute Gasteiger partial charge is 0.265 e. The van der Waals surface area contributed by atoms with Gasteiger partial charge in [-0.1, -0.05) is 18.2 Å². The lowest BCUT2D eigenvalue weighted by Crippen LogP contribution is -2.17. The molecule has 0 radical (unpaired) electrons. The molecule has 0 fully saturated rings. The van der Waals surface area contributed by atoms with Crippen LogP contribution in [0.2, 0.25) is 0 Å². The minimum atomic E-state index is -1.85. The third-order valence-electron chi connectivity index (χ3n) is 2.47. The molecule has 2 aromatic rings. The van der Waals surface area contributed by atoms with Gasteiger partial charge < -0.3 is 0 Å². The van der Waals surface area contributed by atoms with E-state index in [9.17, 15) is 9.36 Å². The van der Waals surface area contributed by atoms with Gasteiger partial charge in [-0.25, -0.2) is 0 Å². The maximum absolute atomic E-state index is 12.0. The first-order valence-electron chi connectivity index (χ1n) is 4.89. The average molecular weight is 235 g/mol. The monoisotopic (exact) mass is 235 g/mol. The van der Waals surface area contributed by atoms with E-state index >= 15 is 0 Å². The van der Waals surface area contributed by atoms with Gasteiger partial charge in [-0.15, -0.1) is 15.2 Å². The molecule has 0 bridgehead atoms. The van der Waals surface area contributed by atoms with Crippen molar-refractivity contribution in [1.29, 1.82) is 0 Å². The number of benzene rings is 1. The van der Waals surface area contributed by atoms with Crippen LogP contribution in [0, 0.1) is 0 Å². The molecule has 1 aromatic heterocycles. The van der Waals surface area contributed by atoms with E-state index in [0.717, 1.165) is 0 Å². The van der Waals surface area contributed by atoms with Gasteiger partial charge in [0, 0.05) is 0 Å². The van der Waals surface area contributed by atoms with E-state index in [1.165, 1.54) is 4.33 Å². The minimum absolute atomic E-state index is 0.197. The third-order valence-corrected chi connectivity index (χ3v) is 3.96. The average Bonchev–Trinajstić information content (AvgIpc) is 2.32. The topological polar surface area (TPSA) is 44.0 Å². The summed E-state index contributed by atoms with van der Waals surface area (Å²) in [7, 11) is -0.304. The van der Waals surface area contributed by atoms with Gasteiger partial charge in [0.2, 0.25) is 0 Å². The van der Waals surface area contributed by atoms with Gasteiger partial charge in [-0.3, -0.25) is 4.79 Å². The Morgan fingerprint density at radius 2 is 2.12 bits per heavy atom. The van der Waals surface area contributed by atoms with Crippen LogP contribution in [0.15, 0.2) is 41.7 Å². The largest absolute Gasteiger partial charge is 0.598 e. The van der Waals surface area contributed by atoms with Gasteiger partial charge in [-0.05, 0) is 16.7 Å². The predicted molar refractivity (Wildman–Crippen MR) is 65.0 cm³/mol. The molecule has 16 heavy (non-hydrogen) atoms. The number of hydrogen-bond acceptors (Lipinski definition) is 2. The van der Waals surface area contributed by atoms with E-state index in [1.54, 1.807) is 35.7 Å². The zero-order valence-electron chi connectivity index (χ0n) is 8.96. The Morgan fingerprint density at radius 3 is 2.81 bits per heavy atom. The van der Waals surface area contributed by atoms with Crippen LogP contribution in [0.4, 0.5) is 0 Å². The van der Waals surface area contributed by atoms with Gasteiger partial charge in [0.1, 0.15) is 0 Å². The number of para-hydroxylation sites is 1. The Bertz CT molecular complexity index is 670. The first-order valence-corrected chi connectivity index (χ1v) is 6.06. The van der Waals surface area contributed by atoms with Crippen LogP contribution in [0.25, 0.3) is 10.9 Å². The fourth-order valence-electron chi connectivity index (χ4n) is 1.68. The lowest BCUT2D eigenvalue weighted by Gasteiger charge is -2.00. The number of allylic oxidation sites excluding steroid dienone is 1. The van der Waals surface area contributed by atoms with Crippen LogP contribution < -0.4 is 5.56 Å². The molecule has 0 aliphatic rings. The van der Waals surface area contributed by atoms with E-state index in [1.807, 2.05) is 6.07 Å². The first-order chi connectivity index (χ1) is 7.66. The normalized spacial score (nSPS) is 11.7. The summed E-state index contributed by atoms with van der Waals surface area (Å²) in [5, 5.41) is 0.585. The van der Waals surface area contributed by atoms with Crippen molar-refractivity contribution in [2.75, 3.05) is 0 Å². The molecule has 0 aliphatic carbocycles. The lowest BCUT2D eigenvalue weighted by molar-refractivity contribution is 0.578. The molecule has 0 amide bonds. The summed E-state index contributed by atoms with van der Waals surface area (Å²) in [4.78, 5) is 11.9.